The first-order valence-electron chi connectivity index (χ1n) is 43.3. The highest BCUT2D eigenvalue weighted by molar-refractivity contribution is 8.00. The van der Waals surface area contributed by atoms with E-state index in [1.807, 2.05) is 53.4 Å². The number of aliphatic carboxylic acids is 1. The van der Waals surface area contributed by atoms with Crippen molar-refractivity contribution >= 4 is 118 Å². The van der Waals surface area contributed by atoms with Gasteiger partial charge in [-0.15, -0.1) is 11.8 Å². The summed E-state index contributed by atoms with van der Waals surface area (Å²) in [6.07, 6.45) is 2.12. The van der Waals surface area contributed by atoms with E-state index in [4.69, 9.17) is 32.8 Å². The number of nitrogens with zero attached hydrogens (tertiary/aromatic N) is 5. The SMILES string of the molecule is CC(C)[C@@H]1NC(=O)[C@H](CCCNC(=N)N)NC(=O)[C@H](C(C)C)NC(=O)[C@@H]2CCCN2C(=O)[C@H](C(C)C)NC(=O)[C@H](CCCNC(=N)N)NC(=O)[C@H](CC(=O)O)NC(=O)[C@@H]2CCCN2C(=O)CN(C)C(=O)[C@H](Cc2ccc(-c3ccccc3)cc2)NC(=O)[C@H](Cc2ccc(-c3cccnc3)cc2)NC(=O)[C@H](CN2CCOCC2)NC(=O)CSC[C@@H](C(=O)NCC(N)=O)NC1=O. The molecule has 12 atom stereocenters. The number of hydrogen-bond donors (Lipinski definition) is 19. The molecule has 42 heteroatoms. The van der Waals surface area contributed by atoms with E-state index in [1.165, 1.54) is 16.8 Å². The number of rotatable bonds is 24. The van der Waals surface area contributed by atoms with Crippen LogP contribution in [-0.4, -0.2) is 299 Å². The molecule has 22 N–H and O–H groups in total. The molecule has 0 aliphatic carbocycles. The lowest BCUT2D eigenvalue weighted by Gasteiger charge is -2.33. The molecule has 129 heavy (non-hydrogen) atoms. The Morgan fingerprint density at radius 3 is 1.53 bits per heavy atom. The van der Waals surface area contributed by atoms with E-state index in [0.717, 1.165) is 38.9 Å². The highest BCUT2D eigenvalue weighted by Crippen LogP contribution is 2.26. The molecule has 0 radical (unpaired) electrons. The molecule has 4 aliphatic rings. The Bertz CT molecular complexity index is 4610. The van der Waals surface area contributed by atoms with Crippen LogP contribution in [0.25, 0.3) is 22.3 Å². The number of carboxylic acid groups (broad SMARTS) is 1. The monoisotopic (exact) mass is 1810 g/mol. The first-order valence-corrected chi connectivity index (χ1v) is 44.4. The summed E-state index contributed by atoms with van der Waals surface area (Å²) in [5.74, 6) is -18.8. The number of fused-ring (bicyclic) bond motifs is 2. The van der Waals surface area contributed by atoms with Crippen LogP contribution in [0.4, 0.5) is 0 Å². The number of likely N-dealkylation sites (N-methyl/N-ethyl adjacent to an activating group) is 1. The number of carbonyl (C=O) groups excluding carboxylic acids is 15. The number of carbonyl (C=O) groups is 16. The number of nitrogens with two attached hydrogens (primary N) is 3. The maximum Gasteiger partial charge on any atom is 0.305 e. The van der Waals surface area contributed by atoms with Crippen molar-refractivity contribution < 1.29 is 86.6 Å². The quantitative estimate of drug-likeness (QED) is 0.0191. The minimum Gasteiger partial charge on any atom is -0.481 e. The third kappa shape index (κ3) is 31.5. The summed E-state index contributed by atoms with van der Waals surface area (Å²) >= 11 is 0.825. The predicted octanol–water partition coefficient (Wildman–Crippen LogP) is -2.86. The van der Waals surface area contributed by atoms with Crippen molar-refractivity contribution in [3.8, 4) is 22.3 Å². The number of guanidine groups is 2. The molecule has 0 spiro atoms. The van der Waals surface area contributed by atoms with Crippen LogP contribution in [0.2, 0.25) is 0 Å². The van der Waals surface area contributed by atoms with E-state index in [9.17, 15) is 67.4 Å². The van der Waals surface area contributed by atoms with Gasteiger partial charge in [0.05, 0.1) is 38.5 Å². The normalized spacial score (nSPS) is 24.0. The lowest BCUT2D eigenvalue weighted by atomic mass is 9.98. The van der Waals surface area contributed by atoms with E-state index in [2.05, 4.69) is 74.1 Å². The molecule has 1 aromatic heterocycles. The Morgan fingerprint density at radius 1 is 0.512 bits per heavy atom. The van der Waals surface area contributed by atoms with Gasteiger partial charge in [0.2, 0.25) is 88.6 Å². The number of nitrogens with one attached hydrogen (secondary N) is 15. The lowest BCUT2D eigenvalue weighted by Crippen LogP contribution is -2.62. The van der Waals surface area contributed by atoms with Gasteiger partial charge in [-0.1, -0.05) is 126 Å². The third-order valence-electron chi connectivity index (χ3n) is 22.4. The second-order valence-electron chi connectivity index (χ2n) is 33.4. The summed E-state index contributed by atoms with van der Waals surface area (Å²) < 4.78 is 5.63. The fourth-order valence-corrected chi connectivity index (χ4v) is 16.2. The Labute approximate surface area is 752 Å². The van der Waals surface area contributed by atoms with Crippen molar-refractivity contribution in [3.05, 3.63) is 115 Å². The zero-order chi connectivity index (χ0) is 94.1. The van der Waals surface area contributed by atoms with Crippen LogP contribution < -0.4 is 86.3 Å². The van der Waals surface area contributed by atoms with Crippen LogP contribution in [0.5, 0.6) is 0 Å². The number of pyridine rings is 1. The van der Waals surface area contributed by atoms with E-state index < -0.39 is 222 Å². The first-order chi connectivity index (χ1) is 61.4. The molecule has 0 saturated carbocycles. The second kappa shape index (κ2) is 50.0. The molecule has 8 rings (SSSR count). The number of primary amides is 1. The van der Waals surface area contributed by atoms with Crippen molar-refractivity contribution in [3.63, 3.8) is 0 Å². The molecule has 4 aliphatic heterocycles. The highest BCUT2D eigenvalue weighted by atomic mass is 32.2. The maximum atomic E-state index is 15.6. The number of morpholine rings is 1. The average molecular weight is 1810 g/mol. The minimum atomic E-state index is -1.91. The molecule has 3 aromatic carbocycles. The summed E-state index contributed by atoms with van der Waals surface area (Å²) in [6.45, 7) is 9.16. The first kappa shape index (κ1) is 102. The molecule has 4 fully saturated rings. The average Bonchev–Trinajstić information content (AvgIpc) is 1.74. The number of amides is 15. The van der Waals surface area contributed by atoms with Crippen LogP contribution in [-0.2, 0) is 94.3 Å². The van der Waals surface area contributed by atoms with Crippen molar-refractivity contribution in [1.82, 2.24) is 93.7 Å². The molecular formula is C87H123N23O18S. The van der Waals surface area contributed by atoms with Crippen molar-refractivity contribution in [2.75, 3.05) is 90.7 Å². The molecule has 0 bridgehead atoms. The number of benzene rings is 3. The zero-order valence-electron chi connectivity index (χ0n) is 73.7. The van der Waals surface area contributed by atoms with Crippen molar-refractivity contribution in [2.45, 2.75) is 185 Å². The van der Waals surface area contributed by atoms with Crippen LogP contribution in [0.3, 0.4) is 0 Å². The summed E-state index contributed by atoms with van der Waals surface area (Å²) in [5, 5.41) is 60.4. The van der Waals surface area contributed by atoms with Crippen LogP contribution in [0.15, 0.2) is 103 Å². The third-order valence-corrected chi connectivity index (χ3v) is 23.4. The molecule has 4 saturated heterocycles. The molecule has 4 aromatic rings. The van der Waals surface area contributed by atoms with Crippen LogP contribution >= 0.6 is 11.8 Å². The largest absolute Gasteiger partial charge is 0.481 e. The van der Waals surface area contributed by atoms with Gasteiger partial charge in [-0.2, -0.15) is 0 Å². The van der Waals surface area contributed by atoms with Gasteiger partial charge in [0, 0.05) is 83.8 Å². The van der Waals surface area contributed by atoms with Gasteiger partial charge in [0.25, 0.3) is 0 Å². The van der Waals surface area contributed by atoms with Gasteiger partial charge in [0.1, 0.15) is 72.5 Å². The predicted molar refractivity (Wildman–Crippen MR) is 477 cm³/mol. The van der Waals surface area contributed by atoms with E-state index in [1.54, 1.807) is 96.4 Å². The van der Waals surface area contributed by atoms with E-state index in [0.29, 0.717) is 24.2 Å². The van der Waals surface area contributed by atoms with E-state index in [-0.39, 0.29) is 116 Å². The zero-order valence-corrected chi connectivity index (χ0v) is 74.5. The van der Waals surface area contributed by atoms with Crippen LogP contribution in [0, 0.1) is 28.6 Å². The highest BCUT2D eigenvalue weighted by Gasteiger charge is 2.44. The standard InChI is InChI=1S/C87H123N23O18S/c1-49(2)71-83(125)103-64(74(116)96-44-67(88)111)47-129-48-68(112)97-63(45-108-36-38-128-39-37-108)79(121)100-60(40-52-25-29-56(30-26-52)57-18-11-31-93-43-57)77(119)102-62(41-53-23-27-55(28-24-53)54-16-9-8-10-17-54)84(126)107(7)46-69(113)109-34-14-21-65(109)80(122)101-61(42-70(114)115)78(120)98-58(19-12-32-94-86(89)90)76(118)106-73(51(5)6)85(127)110-35-15-22-66(110)81(123)105-72(50(3)4)82(124)99-59(75(117)104-71)20-13-33-95-87(91)92/h8-11,16-18,23-31,43,49-51,58-66,71-73H,12-15,19-22,32-42,44-48H2,1-7H3,(H2,88,111)(H,96,116)(H,97,112)(H,98,120)(H,99,124)(H,100,121)(H,101,122)(H,102,119)(H,103,125)(H,104,117)(H,105,123)(H,106,118)(H,114,115)(H4,89,90,94)(H4,91,92,95)/t58-,59-,60-,61-,62-,63-,64-,65-,66-,71-,72-,73-/m0/s1. The maximum absolute atomic E-state index is 15.6. The van der Waals surface area contributed by atoms with Gasteiger partial charge in [-0.3, -0.25) is 97.4 Å². The molecule has 5 heterocycles. The van der Waals surface area contributed by atoms with Crippen LogP contribution in [0.1, 0.15) is 110 Å². The van der Waals surface area contributed by atoms with Gasteiger partial charge < -0.3 is 111 Å². The fourth-order valence-electron chi connectivity index (χ4n) is 15.3. The lowest BCUT2D eigenvalue weighted by molar-refractivity contribution is -0.145. The van der Waals surface area contributed by atoms with E-state index >= 15 is 14.4 Å². The number of aromatic nitrogens is 1. The van der Waals surface area contributed by atoms with Crippen molar-refractivity contribution in [1.29, 1.82) is 10.8 Å². The smallest absolute Gasteiger partial charge is 0.305 e. The number of ether oxygens (including phenoxy) is 1. The van der Waals surface area contributed by atoms with Gasteiger partial charge in [0.15, 0.2) is 11.9 Å². The molecule has 15 amide bonds. The van der Waals surface area contributed by atoms with Gasteiger partial charge in [-0.25, -0.2) is 0 Å². The molecule has 41 nitrogen and oxygen atoms in total. The summed E-state index contributed by atoms with van der Waals surface area (Å²) in [6, 6.07) is 9.40. The van der Waals surface area contributed by atoms with Gasteiger partial charge >= 0.3 is 5.97 Å². The molecule has 700 valence electrons. The fraction of sp³-hybridized carbons (Fsp3) is 0.529. The Hall–Kier alpha value is -12.9. The Balaban J connectivity index is 1.18. The molecule has 0 unspecified atom stereocenters. The second-order valence-corrected chi connectivity index (χ2v) is 34.4. The topological polar surface area (TPSA) is 611 Å². The Morgan fingerprint density at radius 2 is 0.977 bits per heavy atom. The Kier molecular flexibility index (Phi) is 39.4. The molecular weight excluding hydrogens is 1690 g/mol. The number of thioether (sulfide) groups is 1. The van der Waals surface area contributed by atoms with Gasteiger partial charge in [-0.05, 0) is 109 Å². The van der Waals surface area contributed by atoms with Crippen molar-refractivity contribution in [2.24, 2.45) is 35.0 Å². The summed E-state index contributed by atoms with van der Waals surface area (Å²) in [7, 11) is 1.31. The summed E-state index contributed by atoms with van der Waals surface area (Å²) in [4.78, 5) is 242. The summed E-state index contributed by atoms with van der Waals surface area (Å²) in [5.41, 5.74) is 20.9. The minimum absolute atomic E-state index is 0.000248. The number of carboxylic acids is 1. The number of hydrogen-bond acceptors (Lipinski definition) is 22.